The summed E-state index contributed by atoms with van der Waals surface area (Å²) in [5.74, 6) is 1.20. The molecule has 1 N–H and O–H groups in total. The zero-order valence-corrected chi connectivity index (χ0v) is 8.92. The lowest BCUT2D eigenvalue weighted by Gasteiger charge is -2.31. The van der Waals surface area contributed by atoms with Gasteiger partial charge in [-0.15, -0.1) is 0 Å². The Hall–Kier alpha value is -0.130. The summed E-state index contributed by atoms with van der Waals surface area (Å²) in [5.41, 5.74) is 0. The average Bonchev–Trinajstić information content (AvgIpc) is 2.03. The van der Waals surface area contributed by atoms with Crippen molar-refractivity contribution in [1.29, 1.82) is 0 Å². The number of hydrogen-bond donors (Lipinski definition) is 1. The highest BCUT2D eigenvalue weighted by molar-refractivity contribution is 7.83. The molecular formula is C8H17NO3S. The summed E-state index contributed by atoms with van der Waals surface area (Å²) in [6.07, 6.45) is 1.72. The maximum absolute atomic E-state index is 10.7. The van der Waals surface area contributed by atoms with E-state index in [0.717, 1.165) is 17.1 Å². The second-order valence-electron chi connectivity index (χ2n) is 3.96. The predicted octanol–water partition coefficient (Wildman–Crippen LogP) is 1.16. The molecule has 1 heterocycles. The third-order valence-electron chi connectivity index (χ3n) is 2.77. The molecule has 78 valence electrons. The van der Waals surface area contributed by atoms with Gasteiger partial charge in [0.25, 0.3) is 0 Å². The minimum atomic E-state index is -3.94. The SMILES string of the molecule is CC(C)C1CCN(S(=O)(=O)O)CC1. The molecule has 4 nitrogen and oxygen atoms in total. The summed E-state index contributed by atoms with van der Waals surface area (Å²) in [6, 6.07) is 0. The van der Waals surface area contributed by atoms with E-state index < -0.39 is 10.3 Å². The molecule has 0 aromatic heterocycles. The van der Waals surface area contributed by atoms with Gasteiger partial charge in [0.1, 0.15) is 0 Å². The molecule has 0 spiro atoms. The smallest absolute Gasteiger partial charge is 0.273 e. The van der Waals surface area contributed by atoms with E-state index in [4.69, 9.17) is 4.55 Å². The summed E-state index contributed by atoms with van der Waals surface area (Å²) >= 11 is 0. The van der Waals surface area contributed by atoms with Gasteiger partial charge in [-0.05, 0) is 24.7 Å². The minimum absolute atomic E-state index is 0.460. The van der Waals surface area contributed by atoms with E-state index >= 15 is 0 Å². The van der Waals surface area contributed by atoms with Crippen LogP contribution in [0.3, 0.4) is 0 Å². The molecule has 0 unspecified atom stereocenters. The first-order chi connectivity index (χ1) is 5.91. The van der Waals surface area contributed by atoms with Crippen molar-refractivity contribution in [3.8, 4) is 0 Å². The Bertz CT molecular complexity index is 253. The Morgan fingerprint density at radius 1 is 1.31 bits per heavy atom. The van der Waals surface area contributed by atoms with Crippen molar-refractivity contribution in [2.45, 2.75) is 26.7 Å². The van der Waals surface area contributed by atoms with E-state index in [1.165, 1.54) is 0 Å². The van der Waals surface area contributed by atoms with Crippen LogP contribution in [0, 0.1) is 11.8 Å². The lowest BCUT2D eigenvalue weighted by Crippen LogP contribution is -2.39. The molecule has 1 aliphatic heterocycles. The molecule has 0 aromatic rings. The Balaban J connectivity index is 2.49. The monoisotopic (exact) mass is 207 g/mol. The molecule has 5 heteroatoms. The Labute approximate surface area is 79.8 Å². The minimum Gasteiger partial charge on any atom is -0.273 e. The van der Waals surface area contributed by atoms with Gasteiger partial charge < -0.3 is 0 Å². The van der Waals surface area contributed by atoms with Gasteiger partial charge in [-0.2, -0.15) is 12.7 Å². The summed E-state index contributed by atoms with van der Waals surface area (Å²) < 4.78 is 31.4. The molecule has 1 saturated heterocycles. The number of nitrogens with zero attached hydrogens (tertiary/aromatic N) is 1. The van der Waals surface area contributed by atoms with Crippen molar-refractivity contribution >= 4 is 10.3 Å². The van der Waals surface area contributed by atoms with E-state index in [1.807, 2.05) is 0 Å². The molecule has 1 aliphatic rings. The molecule has 0 saturated carbocycles. The fourth-order valence-corrected chi connectivity index (χ4v) is 2.45. The zero-order valence-electron chi connectivity index (χ0n) is 8.10. The summed E-state index contributed by atoms with van der Waals surface area (Å²) in [7, 11) is -3.94. The van der Waals surface area contributed by atoms with E-state index in [1.54, 1.807) is 0 Å². The van der Waals surface area contributed by atoms with Crippen LogP contribution in [-0.2, 0) is 10.3 Å². The number of hydrogen-bond acceptors (Lipinski definition) is 2. The number of rotatable bonds is 2. The molecule has 1 fully saturated rings. The van der Waals surface area contributed by atoms with E-state index in [-0.39, 0.29) is 0 Å². The standard InChI is InChI=1S/C8H17NO3S/c1-7(2)8-3-5-9(6-4-8)13(10,11)12/h7-8H,3-6H2,1-2H3,(H,10,11,12). The molecule has 13 heavy (non-hydrogen) atoms. The van der Waals surface area contributed by atoms with E-state index in [9.17, 15) is 8.42 Å². The summed E-state index contributed by atoms with van der Waals surface area (Å²) in [4.78, 5) is 0. The summed E-state index contributed by atoms with van der Waals surface area (Å²) in [6.45, 7) is 5.21. The lowest BCUT2D eigenvalue weighted by atomic mass is 9.87. The molecule has 0 bridgehead atoms. The van der Waals surface area contributed by atoms with Crippen LogP contribution in [0.25, 0.3) is 0 Å². The van der Waals surface area contributed by atoms with Gasteiger partial charge in [0.05, 0.1) is 0 Å². The Morgan fingerprint density at radius 3 is 2.08 bits per heavy atom. The van der Waals surface area contributed by atoms with Crippen LogP contribution in [-0.4, -0.2) is 30.4 Å². The zero-order chi connectivity index (χ0) is 10.1. The third kappa shape index (κ3) is 2.93. The first kappa shape index (κ1) is 10.9. The van der Waals surface area contributed by atoms with Gasteiger partial charge in [0.15, 0.2) is 0 Å². The molecular weight excluding hydrogens is 190 g/mol. The normalized spacial score (nSPS) is 22.5. The highest BCUT2D eigenvalue weighted by atomic mass is 32.2. The quantitative estimate of drug-likeness (QED) is 0.691. The maximum Gasteiger partial charge on any atom is 0.335 e. The van der Waals surface area contributed by atoms with Crippen LogP contribution in [0.4, 0.5) is 0 Å². The second-order valence-corrected chi connectivity index (χ2v) is 5.37. The molecule has 0 radical (unpaired) electrons. The van der Waals surface area contributed by atoms with Crippen molar-refractivity contribution < 1.29 is 13.0 Å². The molecule has 0 aromatic carbocycles. The van der Waals surface area contributed by atoms with Crippen molar-refractivity contribution in [1.82, 2.24) is 4.31 Å². The van der Waals surface area contributed by atoms with Crippen LogP contribution in [0.2, 0.25) is 0 Å². The van der Waals surface area contributed by atoms with Crippen LogP contribution in [0.5, 0.6) is 0 Å². The van der Waals surface area contributed by atoms with Crippen molar-refractivity contribution in [2.75, 3.05) is 13.1 Å². The summed E-state index contributed by atoms with van der Waals surface area (Å²) in [5, 5.41) is 0. The van der Waals surface area contributed by atoms with Gasteiger partial charge >= 0.3 is 10.3 Å². The Kier molecular flexibility index (Phi) is 3.32. The highest BCUT2D eigenvalue weighted by Gasteiger charge is 2.27. The largest absolute Gasteiger partial charge is 0.335 e. The van der Waals surface area contributed by atoms with E-state index in [2.05, 4.69) is 13.8 Å². The van der Waals surface area contributed by atoms with Gasteiger partial charge in [0.2, 0.25) is 0 Å². The first-order valence-corrected chi connectivity index (χ1v) is 6.03. The first-order valence-electron chi connectivity index (χ1n) is 4.64. The van der Waals surface area contributed by atoms with Gasteiger partial charge in [-0.3, -0.25) is 4.55 Å². The predicted molar refractivity (Wildman–Crippen MR) is 50.7 cm³/mol. The maximum atomic E-state index is 10.7. The highest BCUT2D eigenvalue weighted by Crippen LogP contribution is 2.25. The van der Waals surface area contributed by atoms with Gasteiger partial charge in [0, 0.05) is 13.1 Å². The van der Waals surface area contributed by atoms with Crippen LogP contribution in [0.1, 0.15) is 26.7 Å². The van der Waals surface area contributed by atoms with Crippen molar-refractivity contribution in [3.05, 3.63) is 0 Å². The molecule has 0 atom stereocenters. The van der Waals surface area contributed by atoms with Gasteiger partial charge in [-0.1, -0.05) is 13.8 Å². The number of piperidine rings is 1. The van der Waals surface area contributed by atoms with Crippen LogP contribution in [0.15, 0.2) is 0 Å². The van der Waals surface area contributed by atoms with Crippen LogP contribution < -0.4 is 0 Å². The average molecular weight is 207 g/mol. The third-order valence-corrected chi connectivity index (χ3v) is 3.79. The second kappa shape index (κ2) is 3.94. The lowest BCUT2D eigenvalue weighted by molar-refractivity contribution is 0.214. The molecule has 0 aliphatic carbocycles. The molecule has 0 amide bonds. The molecule has 1 rings (SSSR count). The van der Waals surface area contributed by atoms with Crippen LogP contribution >= 0.6 is 0 Å². The van der Waals surface area contributed by atoms with E-state index in [0.29, 0.717) is 24.9 Å². The van der Waals surface area contributed by atoms with Gasteiger partial charge in [-0.25, -0.2) is 0 Å². The Morgan fingerprint density at radius 2 is 1.77 bits per heavy atom. The van der Waals surface area contributed by atoms with Crippen molar-refractivity contribution in [2.24, 2.45) is 11.8 Å². The van der Waals surface area contributed by atoms with Crippen molar-refractivity contribution in [3.63, 3.8) is 0 Å². The fraction of sp³-hybridized carbons (Fsp3) is 1.00. The topological polar surface area (TPSA) is 57.6 Å². The fourth-order valence-electron chi connectivity index (χ4n) is 1.77.